The molecule has 0 nitrogen and oxygen atoms in total. The number of thioether (sulfide) groups is 2. The largest absolute Gasteiger partial charge is 0.178 e. The van der Waals surface area contributed by atoms with Crippen molar-refractivity contribution in [3.05, 3.63) is 0 Å². The highest BCUT2D eigenvalue weighted by Crippen LogP contribution is 2.40. The Labute approximate surface area is 77.3 Å². The molecule has 1 saturated heterocycles. The lowest BCUT2D eigenvalue weighted by Crippen LogP contribution is -2.01. The Hall–Kier alpha value is 1.05. The molecular weight excluding hydrogens is 180 g/mol. The molecule has 10 heavy (non-hydrogen) atoms. The zero-order valence-corrected chi connectivity index (χ0v) is 8.77. The number of rotatable bonds is 3. The monoisotopic (exact) mass is 194 g/mol. The van der Waals surface area contributed by atoms with E-state index in [1.165, 1.54) is 18.6 Å². The predicted molar refractivity (Wildman–Crippen MR) is 56.4 cm³/mol. The summed E-state index contributed by atoms with van der Waals surface area (Å²) in [5, 5.41) is 0.824. The third-order valence-electron chi connectivity index (χ3n) is 1.54. The van der Waals surface area contributed by atoms with E-state index in [9.17, 15) is 0 Å². The second kappa shape index (κ2) is 4.83. The van der Waals surface area contributed by atoms with E-state index < -0.39 is 0 Å². The standard InChI is InChI=1S/C7H14S3/c1-2-3-7-9-5-6(4-8)10-7/h6-8H,2-5H2,1H3. The van der Waals surface area contributed by atoms with Crippen molar-refractivity contribution in [3.63, 3.8) is 0 Å². The molecule has 0 aromatic carbocycles. The molecule has 0 saturated carbocycles. The molecule has 60 valence electrons. The molecule has 2 unspecified atom stereocenters. The molecule has 1 aliphatic heterocycles. The molecule has 2 atom stereocenters. The van der Waals surface area contributed by atoms with Crippen LogP contribution >= 0.6 is 36.2 Å². The quantitative estimate of drug-likeness (QED) is 0.686. The molecule has 1 fully saturated rings. The van der Waals surface area contributed by atoms with Gasteiger partial charge in [0.1, 0.15) is 0 Å². The fraction of sp³-hybridized carbons (Fsp3) is 1.00. The summed E-state index contributed by atoms with van der Waals surface area (Å²) < 4.78 is 0.877. The van der Waals surface area contributed by atoms with Gasteiger partial charge in [-0.25, -0.2) is 0 Å². The Morgan fingerprint density at radius 2 is 2.40 bits per heavy atom. The van der Waals surface area contributed by atoms with Crippen molar-refractivity contribution < 1.29 is 0 Å². The van der Waals surface area contributed by atoms with Gasteiger partial charge in [-0.05, 0) is 6.42 Å². The maximum absolute atomic E-state index is 4.29. The maximum atomic E-state index is 4.29. The van der Waals surface area contributed by atoms with Gasteiger partial charge < -0.3 is 0 Å². The van der Waals surface area contributed by atoms with Crippen molar-refractivity contribution in [3.8, 4) is 0 Å². The summed E-state index contributed by atoms with van der Waals surface area (Å²) in [4.78, 5) is 0. The Bertz CT molecular complexity index is 94.9. The van der Waals surface area contributed by atoms with E-state index in [0.29, 0.717) is 0 Å². The van der Waals surface area contributed by atoms with Crippen LogP contribution in [0.1, 0.15) is 19.8 Å². The van der Waals surface area contributed by atoms with Crippen LogP contribution in [0.25, 0.3) is 0 Å². The first kappa shape index (κ1) is 9.14. The summed E-state index contributed by atoms with van der Waals surface area (Å²) in [6.45, 7) is 2.26. The second-order valence-electron chi connectivity index (χ2n) is 2.49. The van der Waals surface area contributed by atoms with Gasteiger partial charge in [-0.2, -0.15) is 12.6 Å². The Morgan fingerprint density at radius 1 is 1.60 bits per heavy atom. The first-order valence-electron chi connectivity index (χ1n) is 3.74. The third-order valence-corrected chi connectivity index (χ3v) is 5.64. The molecule has 0 N–H and O–H groups in total. The minimum atomic E-state index is 0.824. The average Bonchev–Trinajstić information content (AvgIpc) is 2.37. The van der Waals surface area contributed by atoms with Gasteiger partial charge in [-0.3, -0.25) is 0 Å². The van der Waals surface area contributed by atoms with Crippen LogP contribution in [0.3, 0.4) is 0 Å². The van der Waals surface area contributed by atoms with E-state index in [1.54, 1.807) is 0 Å². The van der Waals surface area contributed by atoms with Gasteiger partial charge in [-0.1, -0.05) is 13.3 Å². The Balaban J connectivity index is 2.15. The zero-order valence-electron chi connectivity index (χ0n) is 6.25. The summed E-state index contributed by atoms with van der Waals surface area (Å²) in [7, 11) is 0. The maximum Gasteiger partial charge on any atom is 0.0506 e. The highest BCUT2D eigenvalue weighted by Gasteiger charge is 2.23. The van der Waals surface area contributed by atoms with Crippen LogP contribution < -0.4 is 0 Å². The first-order chi connectivity index (χ1) is 4.86. The van der Waals surface area contributed by atoms with Crippen molar-refractivity contribution in [2.45, 2.75) is 29.6 Å². The van der Waals surface area contributed by atoms with Crippen LogP contribution in [0.15, 0.2) is 0 Å². The molecule has 0 aromatic rings. The van der Waals surface area contributed by atoms with Gasteiger partial charge in [0.2, 0.25) is 0 Å². The molecule has 0 spiro atoms. The molecular formula is C7H14S3. The summed E-state index contributed by atoms with van der Waals surface area (Å²) in [5.74, 6) is 2.37. The number of thiol groups is 1. The van der Waals surface area contributed by atoms with Gasteiger partial charge >= 0.3 is 0 Å². The Kier molecular flexibility index (Phi) is 4.42. The van der Waals surface area contributed by atoms with Crippen molar-refractivity contribution in [1.82, 2.24) is 0 Å². The average molecular weight is 194 g/mol. The highest BCUT2D eigenvalue weighted by molar-refractivity contribution is 8.20. The van der Waals surface area contributed by atoms with E-state index in [0.717, 1.165) is 15.6 Å². The molecule has 0 bridgehead atoms. The molecule has 1 rings (SSSR count). The fourth-order valence-electron chi connectivity index (χ4n) is 0.991. The zero-order chi connectivity index (χ0) is 7.40. The topological polar surface area (TPSA) is 0 Å². The SMILES string of the molecule is CCCC1SCC(CS)S1. The van der Waals surface area contributed by atoms with Gasteiger partial charge in [0.25, 0.3) is 0 Å². The van der Waals surface area contributed by atoms with Crippen molar-refractivity contribution >= 4 is 36.2 Å². The van der Waals surface area contributed by atoms with E-state index in [1.807, 2.05) is 0 Å². The molecule has 0 aromatic heterocycles. The van der Waals surface area contributed by atoms with Crippen molar-refractivity contribution in [1.29, 1.82) is 0 Å². The van der Waals surface area contributed by atoms with Gasteiger partial charge in [-0.15, -0.1) is 23.5 Å². The molecule has 0 aliphatic carbocycles. The molecule has 1 heterocycles. The molecule has 0 radical (unpaired) electrons. The minimum Gasteiger partial charge on any atom is -0.178 e. The van der Waals surface area contributed by atoms with Crippen LogP contribution in [0.2, 0.25) is 0 Å². The van der Waals surface area contributed by atoms with Gasteiger partial charge in [0.15, 0.2) is 0 Å². The summed E-state index contributed by atoms with van der Waals surface area (Å²) in [6, 6.07) is 0. The van der Waals surface area contributed by atoms with Gasteiger partial charge in [0.05, 0.1) is 4.58 Å². The molecule has 1 aliphatic rings. The van der Waals surface area contributed by atoms with E-state index in [4.69, 9.17) is 0 Å². The van der Waals surface area contributed by atoms with E-state index in [2.05, 4.69) is 43.1 Å². The lowest BCUT2D eigenvalue weighted by atomic mass is 10.4. The van der Waals surface area contributed by atoms with E-state index in [-0.39, 0.29) is 0 Å². The number of hydrogen-bond donors (Lipinski definition) is 1. The van der Waals surface area contributed by atoms with Crippen LogP contribution in [0.5, 0.6) is 0 Å². The summed E-state index contributed by atoms with van der Waals surface area (Å²) in [6.07, 6.45) is 2.70. The first-order valence-corrected chi connectivity index (χ1v) is 6.37. The van der Waals surface area contributed by atoms with Crippen LogP contribution in [0.4, 0.5) is 0 Å². The second-order valence-corrected chi connectivity index (χ2v) is 5.90. The van der Waals surface area contributed by atoms with Crippen molar-refractivity contribution in [2.75, 3.05) is 11.5 Å². The number of hydrogen-bond acceptors (Lipinski definition) is 3. The smallest absolute Gasteiger partial charge is 0.0506 e. The Morgan fingerprint density at radius 3 is 2.90 bits per heavy atom. The predicted octanol–water partition coefficient (Wildman–Crippen LogP) is 2.89. The van der Waals surface area contributed by atoms with E-state index >= 15 is 0 Å². The lowest BCUT2D eigenvalue weighted by molar-refractivity contribution is 0.873. The van der Waals surface area contributed by atoms with Crippen LogP contribution in [-0.4, -0.2) is 21.3 Å². The normalized spacial score (nSPS) is 33.0. The third kappa shape index (κ3) is 2.59. The molecule has 0 amide bonds. The van der Waals surface area contributed by atoms with Crippen LogP contribution in [0, 0.1) is 0 Å². The lowest BCUT2D eigenvalue weighted by Gasteiger charge is -2.05. The molecule has 3 heteroatoms. The fourth-order valence-corrected chi connectivity index (χ4v) is 4.96. The van der Waals surface area contributed by atoms with Crippen LogP contribution in [-0.2, 0) is 0 Å². The van der Waals surface area contributed by atoms with Crippen molar-refractivity contribution in [2.24, 2.45) is 0 Å². The minimum absolute atomic E-state index is 0.824. The summed E-state index contributed by atoms with van der Waals surface area (Å²) >= 11 is 8.53. The van der Waals surface area contributed by atoms with Gasteiger partial charge in [0, 0.05) is 16.8 Å². The highest BCUT2D eigenvalue weighted by atomic mass is 32.2. The summed E-state index contributed by atoms with van der Waals surface area (Å²) in [5.41, 5.74) is 0.